The molecule has 0 aromatic heterocycles. The average molecular weight is 223 g/mol. The van der Waals surface area contributed by atoms with E-state index in [-0.39, 0.29) is 0 Å². The maximum absolute atomic E-state index is 5.64. The number of hydrogen-bond acceptors (Lipinski definition) is 2. The normalized spacial score (nSPS) is 10.7. The van der Waals surface area contributed by atoms with Crippen molar-refractivity contribution < 1.29 is 4.43 Å². The molecule has 0 aliphatic rings. The maximum Gasteiger partial charge on any atom is 0.170 e. The van der Waals surface area contributed by atoms with E-state index in [9.17, 15) is 0 Å². The SMILES string of the molecule is CN(CCCO[SiH](C)C)c1ccccc1. The summed E-state index contributed by atoms with van der Waals surface area (Å²) in [7, 11) is 1.30. The van der Waals surface area contributed by atoms with E-state index >= 15 is 0 Å². The van der Waals surface area contributed by atoms with Gasteiger partial charge in [-0.1, -0.05) is 18.2 Å². The van der Waals surface area contributed by atoms with Gasteiger partial charge in [-0.3, -0.25) is 0 Å². The second-order valence-corrected chi connectivity index (χ2v) is 6.46. The monoisotopic (exact) mass is 223 g/mol. The van der Waals surface area contributed by atoms with Crippen LogP contribution in [0.1, 0.15) is 6.42 Å². The van der Waals surface area contributed by atoms with E-state index in [0.717, 1.165) is 19.6 Å². The van der Waals surface area contributed by atoms with Crippen molar-refractivity contribution in [3.63, 3.8) is 0 Å². The lowest BCUT2D eigenvalue weighted by atomic mass is 10.3. The lowest BCUT2D eigenvalue weighted by Gasteiger charge is -2.19. The Morgan fingerprint density at radius 1 is 1.20 bits per heavy atom. The van der Waals surface area contributed by atoms with Gasteiger partial charge in [0.05, 0.1) is 0 Å². The van der Waals surface area contributed by atoms with Crippen LogP contribution in [0.2, 0.25) is 13.1 Å². The van der Waals surface area contributed by atoms with E-state index in [1.165, 1.54) is 5.69 Å². The first-order valence-corrected chi connectivity index (χ1v) is 8.36. The van der Waals surface area contributed by atoms with Crippen molar-refractivity contribution in [1.82, 2.24) is 0 Å². The predicted octanol–water partition coefficient (Wildman–Crippen LogP) is 2.51. The van der Waals surface area contributed by atoms with Gasteiger partial charge in [0.25, 0.3) is 0 Å². The van der Waals surface area contributed by atoms with Gasteiger partial charge >= 0.3 is 0 Å². The van der Waals surface area contributed by atoms with Gasteiger partial charge in [0, 0.05) is 25.9 Å². The third-order valence-corrected chi connectivity index (χ3v) is 3.19. The summed E-state index contributed by atoms with van der Waals surface area (Å²) in [6.45, 7) is 6.38. The number of anilines is 1. The Labute approximate surface area is 94.6 Å². The highest BCUT2D eigenvalue weighted by Gasteiger charge is 2.00. The van der Waals surface area contributed by atoms with E-state index in [4.69, 9.17) is 4.43 Å². The smallest absolute Gasteiger partial charge is 0.170 e. The van der Waals surface area contributed by atoms with Crippen LogP contribution >= 0.6 is 0 Å². The number of benzene rings is 1. The zero-order chi connectivity index (χ0) is 11.1. The van der Waals surface area contributed by atoms with Crippen LogP contribution in [0.5, 0.6) is 0 Å². The van der Waals surface area contributed by atoms with Gasteiger partial charge in [-0.15, -0.1) is 0 Å². The molecule has 84 valence electrons. The van der Waals surface area contributed by atoms with Crippen molar-refractivity contribution in [2.75, 3.05) is 25.1 Å². The summed E-state index contributed by atoms with van der Waals surface area (Å²) in [5.74, 6) is 0. The fourth-order valence-electron chi connectivity index (χ4n) is 1.43. The summed E-state index contributed by atoms with van der Waals surface area (Å²) in [6, 6.07) is 10.5. The van der Waals surface area contributed by atoms with Crippen LogP contribution in [-0.2, 0) is 4.43 Å². The molecule has 0 saturated carbocycles. The highest BCUT2D eigenvalue weighted by molar-refractivity contribution is 6.48. The Hall–Kier alpha value is -0.803. The van der Waals surface area contributed by atoms with Crippen LogP contribution in [0.15, 0.2) is 30.3 Å². The van der Waals surface area contributed by atoms with Gasteiger partial charge in [0.15, 0.2) is 9.04 Å². The van der Waals surface area contributed by atoms with Gasteiger partial charge in [-0.2, -0.15) is 0 Å². The Balaban J connectivity index is 2.22. The molecule has 0 unspecified atom stereocenters. The number of rotatable bonds is 6. The van der Waals surface area contributed by atoms with Crippen LogP contribution in [0.3, 0.4) is 0 Å². The number of hydrogen-bond donors (Lipinski definition) is 0. The quantitative estimate of drug-likeness (QED) is 0.543. The molecule has 0 aliphatic carbocycles. The van der Waals surface area contributed by atoms with Crippen molar-refractivity contribution >= 4 is 14.7 Å². The van der Waals surface area contributed by atoms with Crippen molar-refractivity contribution in [3.05, 3.63) is 30.3 Å². The van der Waals surface area contributed by atoms with Crippen LogP contribution in [0.25, 0.3) is 0 Å². The Bertz CT molecular complexity index is 264. The molecule has 0 bridgehead atoms. The van der Waals surface area contributed by atoms with Gasteiger partial charge in [0.2, 0.25) is 0 Å². The molecule has 0 aliphatic heterocycles. The minimum atomic E-state index is -0.826. The summed E-state index contributed by atoms with van der Waals surface area (Å²) in [4.78, 5) is 2.27. The summed E-state index contributed by atoms with van der Waals surface area (Å²) < 4.78 is 5.64. The second-order valence-electron chi connectivity index (χ2n) is 4.03. The van der Waals surface area contributed by atoms with Crippen molar-refractivity contribution in [2.45, 2.75) is 19.5 Å². The van der Waals surface area contributed by atoms with Gasteiger partial charge in [0.1, 0.15) is 0 Å². The Morgan fingerprint density at radius 3 is 2.47 bits per heavy atom. The molecule has 0 N–H and O–H groups in total. The molecule has 3 heteroatoms. The highest BCUT2D eigenvalue weighted by Crippen LogP contribution is 2.10. The van der Waals surface area contributed by atoms with Crippen molar-refractivity contribution in [3.8, 4) is 0 Å². The predicted molar refractivity (Wildman–Crippen MR) is 69.2 cm³/mol. The van der Waals surface area contributed by atoms with Crippen molar-refractivity contribution in [1.29, 1.82) is 0 Å². The van der Waals surface area contributed by atoms with Crippen LogP contribution in [-0.4, -0.2) is 29.2 Å². The third kappa shape index (κ3) is 5.00. The summed E-state index contributed by atoms with van der Waals surface area (Å²) in [6.07, 6.45) is 1.11. The molecule has 0 atom stereocenters. The van der Waals surface area contributed by atoms with Crippen molar-refractivity contribution in [2.24, 2.45) is 0 Å². The zero-order valence-corrected chi connectivity index (χ0v) is 11.1. The lowest BCUT2D eigenvalue weighted by molar-refractivity contribution is 0.320. The molecule has 0 heterocycles. The fourth-order valence-corrected chi connectivity index (χ4v) is 2.07. The number of para-hydroxylation sites is 1. The third-order valence-electron chi connectivity index (χ3n) is 2.29. The largest absolute Gasteiger partial charge is 0.421 e. The molecule has 0 radical (unpaired) electrons. The molecule has 1 aromatic carbocycles. The molecule has 15 heavy (non-hydrogen) atoms. The maximum atomic E-state index is 5.64. The molecule has 2 nitrogen and oxygen atoms in total. The fraction of sp³-hybridized carbons (Fsp3) is 0.500. The van der Waals surface area contributed by atoms with E-state index in [2.05, 4.69) is 49.3 Å². The first-order valence-electron chi connectivity index (χ1n) is 5.58. The van der Waals surface area contributed by atoms with Gasteiger partial charge in [-0.05, 0) is 31.6 Å². The topological polar surface area (TPSA) is 12.5 Å². The minimum absolute atomic E-state index is 0.826. The average Bonchev–Trinajstić information content (AvgIpc) is 2.25. The molecular formula is C12H21NOSi. The van der Waals surface area contributed by atoms with E-state index in [1.54, 1.807) is 0 Å². The summed E-state index contributed by atoms with van der Waals surface area (Å²) in [5.41, 5.74) is 1.28. The zero-order valence-electron chi connectivity index (χ0n) is 9.94. The number of nitrogens with zero attached hydrogens (tertiary/aromatic N) is 1. The van der Waals surface area contributed by atoms with E-state index < -0.39 is 9.04 Å². The standard InChI is InChI=1S/C12H21NOSi/c1-13(10-7-11-14-15(2)3)12-8-5-4-6-9-12/h4-6,8-9,15H,7,10-11H2,1-3H3. The first-order chi connectivity index (χ1) is 7.20. The Kier molecular flexibility index (Phi) is 5.43. The molecule has 0 fully saturated rings. The highest BCUT2D eigenvalue weighted by atomic mass is 28.3. The van der Waals surface area contributed by atoms with E-state index in [0.29, 0.717) is 0 Å². The minimum Gasteiger partial charge on any atom is -0.421 e. The van der Waals surface area contributed by atoms with Gasteiger partial charge in [-0.25, -0.2) is 0 Å². The summed E-state index contributed by atoms with van der Waals surface area (Å²) >= 11 is 0. The van der Waals surface area contributed by atoms with Gasteiger partial charge < -0.3 is 9.33 Å². The molecule has 0 spiro atoms. The Morgan fingerprint density at radius 2 is 1.87 bits per heavy atom. The first kappa shape index (κ1) is 12.3. The van der Waals surface area contributed by atoms with Crippen LogP contribution < -0.4 is 4.90 Å². The molecular weight excluding hydrogens is 202 g/mol. The molecule has 1 aromatic rings. The van der Waals surface area contributed by atoms with Crippen LogP contribution in [0, 0.1) is 0 Å². The van der Waals surface area contributed by atoms with Crippen LogP contribution in [0.4, 0.5) is 5.69 Å². The second kappa shape index (κ2) is 6.64. The molecule has 0 amide bonds. The molecule has 0 saturated heterocycles. The lowest BCUT2D eigenvalue weighted by Crippen LogP contribution is -2.20. The summed E-state index contributed by atoms with van der Waals surface area (Å²) in [5, 5.41) is 0. The van der Waals surface area contributed by atoms with E-state index in [1.807, 2.05) is 6.07 Å². The molecule has 1 rings (SSSR count).